The number of aliphatic imine (C=N–C) groups is 1. The standard InChI is InChI=1S/C18H20N4O2/c1-5-21-17(23)15(20-18(21)24)9-14-8-12(3)22(13(14)4)16-7-6-11(2)10-19-16/h6-8,10H,5,9H2,1-4H3. The molecule has 24 heavy (non-hydrogen) atoms. The Morgan fingerprint density at radius 1 is 1.12 bits per heavy atom. The highest BCUT2D eigenvalue weighted by Gasteiger charge is 2.32. The zero-order chi connectivity index (χ0) is 17.4. The van der Waals surface area contributed by atoms with Crippen LogP contribution in [0.25, 0.3) is 5.82 Å². The molecule has 0 spiro atoms. The first-order valence-corrected chi connectivity index (χ1v) is 7.96. The Morgan fingerprint density at radius 2 is 1.88 bits per heavy atom. The van der Waals surface area contributed by atoms with Crippen molar-refractivity contribution < 1.29 is 9.59 Å². The van der Waals surface area contributed by atoms with Crippen molar-refractivity contribution in [2.75, 3.05) is 6.54 Å². The Labute approximate surface area is 140 Å². The first-order valence-electron chi connectivity index (χ1n) is 7.96. The molecule has 3 amide bonds. The van der Waals surface area contributed by atoms with E-state index < -0.39 is 6.03 Å². The first kappa shape index (κ1) is 16.1. The van der Waals surface area contributed by atoms with Crippen LogP contribution in [-0.2, 0) is 11.2 Å². The topological polar surface area (TPSA) is 67.6 Å². The Balaban J connectivity index is 1.93. The van der Waals surface area contributed by atoms with Crippen molar-refractivity contribution in [1.82, 2.24) is 14.5 Å². The van der Waals surface area contributed by atoms with Crippen LogP contribution in [0.3, 0.4) is 0 Å². The molecule has 3 heterocycles. The van der Waals surface area contributed by atoms with Gasteiger partial charge in [0.2, 0.25) is 0 Å². The molecule has 2 aromatic rings. The van der Waals surface area contributed by atoms with Crippen LogP contribution in [0.5, 0.6) is 0 Å². The fourth-order valence-electron chi connectivity index (χ4n) is 2.99. The molecular formula is C18H20N4O2. The SMILES string of the molecule is CCN1C(=O)N=C(Cc2cc(C)n(-c3ccc(C)cn3)c2C)C1=O. The number of hydrogen-bond acceptors (Lipinski definition) is 3. The summed E-state index contributed by atoms with van der Waals surface area (Å²) < 4.78 is 2.05. The van der Waals surface area contributed by atoms with E-state index in [1.54, 1.807) is 6.92 Å². The van der Waals surface area contributed by atoms with E-state index in [0.717, 1.165) is 33.2 Å². The Hall–Kier alpha value is -2.76. The summed E-state index contributed by atoms with van der Waals surface area (Å²) in [6.45, 7) is 8.10. The van der Waals surface area contributed by atoms with Gasteiger partial charge in [-0.05, 0) is 51.0 Å². The van der Waals surface area contributed by atoms with Crippen LogP contribution in [0.1, 0.15) is 29.4 Å². The third kappa shape index (κ3) is 2.64. The van der Waals surface area contributed by atoms with Crippen LogP contribution in [0.4, 0.5) is 4.79 Å². The predicted octanol–water partition coefficient (Wildman–Crippen LogP) is 2.76. The number of amides is 3. The fraction of sp³-hybridized carbons (Fsp3) is 0.333. The van der Waals surface area contributed by atoms with Gasteiger partial charge in [0.05, 0.1) is 0 Å². The summed E-state index contributed by atoms with van der Waals surface area (Å²) in [5, 5.41) is 0. The van der Waals surface area contributed by atoms with E-state index in [4.69, 9.17) is 0 Å². The van der Waals surface area contributed by atoms with E-state index >= 15 is 0 Å². The molecule has 124 valence electrons. The van der Waals surface area contributed by atoms with Gasteiger partial charge in [-0.25, -0.2) is 9.78 Å². The van der Waals surface area contributed by atoms with Gasteiger partial charge in [-0.3, -0.25) is 9.69 Å². The highest BCUT2D eigenvalue weighted by molar-refractivity contribution is 6.46. The van der Waals surface area contributed by atoms with Crippen molar-refractivity contribution in [2.24, 2.45) is 4.99 Å². The second-order valence-electron chi connectivity index (χ2n) is 5.99. The lowest BCUT2D eigenvalue weighted by molar-refractivity contribution is -0.120. The summed E-state index contributed by atoms with van der Waals surface area (Å²) in [5.41, 5.74) is 4.42. The molecule has 1 aliphatic heterocycles. The van der Waals surface area contributed by atoms with Gasteiger partial charge < -0.3 is 4.57 Å². The van der Waals surface area contributed by atoms with E-state index in [2.05, 4.69) is 9.98 Å². The third-order valence-corrected chi connectivity index (χ3v) is 4.29. The predicted molar refractivity (Wildman–Crippen MR) is 91.7 cm³/mol. The van der Waals surface area contributed by atoms with Gasteiger partial charge in [-0.2, -0.15) is 4.99 Å². The molecule has 0 unspecified atom stereocenters. The number of aryl methyl sites for hydroxylation is 2. The molecule has 3 rings (SSSR count). The molecule has 0 aromatic carbocycles. The van der Waals surface area contributed by atoms with Crippen LogP contribution >= 0.6 is 0 Å². The molecule has 2 aromatic heterocycles. The van der Waals surface area contributed by atoms with E-state index in [-0.39, 0.29) is 5.91 Å². The lowest BCUT2D eigenvalue weighted by Gasteiger charge is -2.10. The van der Waals surface area contributed by atoms with E-state index in [9.17, 15) is 9.59 Å². The molecule has 0 saturated heterocycles. The lowest BCUT2D eigenvalue weighted by atomic mass is 10.1. The van der Waals surface area contributed by atoms with Crippen LogP contribution in [0.2, 0.25) is 0 Å². The molecule has 0 aliphatic carbocycles. The quantitative estimate of drug-likeness (QED) is 0.868. The minimum absolute atomic E-state index is 0.291. The van der Waals surface area contributed by atoms with Crippen molar-refractivity contribution in [1.29, 1.82) is 0 Å². The second kappa shape index (κ2) is 6.03. The molecule has 0 saturated carbocycles. The maximum absolute atomic E-state index is 12.2. The molecule has 0 atom stereocenters. The molecule has 6 nitrogen and oxygen atoms in total. The summed E-state index contributed by atoms with van der Waals surface area (Å²) in [7, 11) is 0. The maximum atomic E-state index is 12.2. The Bertz CT molecular complexity index is 847. The summed E-state index contributed by atoms with van der Waals surface area (Å²) in [5.74, 6) is 0.550. The van der Waals surface area contributed by atoms with Gasteiger partial charge in [0.25, 0.3) is 5.91 Å². The fourth-order valence-corrected chi connectivity index (χ4v) is 2.99. The molecule has 1 aliphatic rings. The zero-order valence-corrected chi connectivity index (χ0v) is 14.3. The smallest absolute Gasteiger partial charge is 0.303 e. The van der Waals surface area contributed by atoms with Gasteiger partial charge in [-0.1, -0.05) is 6.07 Å². The van der Waals surface area contributed by atoms with Crippen molar-refractivity contribution in [3.05, 3.63) is 46.9 Å². The molecule has 0 N–H and O–H groups in total. The van der Waals surface area contributed by atoms with Crippen molar-refractivity contribution in [3.63, 3.8) is 0 Å². The molecule has 0 bridgehead atoms. The molecule has 6 heteroatoms. The average molecular weight is 324 g/mol. The second-order valence-corrected chi connectivity index (χ2v) is 5.99. The molecule has 0 radical (unpaired) electrons. The summed E-state index contributed by atoms with van der Waals surface area (Å²) in [6, 6.07) is 5.54. The number of urea groups is 1. The molecule has 0 fully saturated rings. The van der Waals surface area contributed by atoms with Crippen molar-refractivity contribution in [3.8, 4) is 5.82 Å². The van der Waals surface area contributed by atoms with E-state index in [1.165, 1.54) is 0 Å². The van der Waals surface area contributed by atoms with Crippen molar-refractivity contribution >= 4 is 17.6 Å². The monoisotopic (exact) mass is 324 g/mol. The third-order valence-electron chi connectivity index (χ3n) is 4.29. The summed E-state index contributed by atoms with van der Waals surface area (Å²) in [4.78, 5) is 33.5. The minimum atomic E-state index is -0.466. The van der Waals surface area contributed by atoms with Crippen LogP contribution in [0, 0.1) is 20.8 Å². The maximum Gasteiger partial charge on any atom is 0.350 e. The van der Waals surface area contributed by atoms with Crippen molar-refractivity contribution in [2.45, 2.75) is 34.1 Å². The number of pyridine rings is 1. The highest BCUT2D eigenvalue weighted by Crippen LogP contribution is 2.22. The summed E-state index contributed by atoms with van der Waals surface area (Å²) in [6.07, 6.45) is 2.18. The van der Waals surface area contributed by atoms with Gasteiger partial charge in [0.15, 0.2) is 0 Å². The molecular weight excluding hydrogens is 304 g/mol. The normalized spacial score (nSPS) is 14.5. The average Bonchev–Trinajstić information content (AvgIpc) is 2.97. The van der Waals surface area contributed by atoms with Gasteiger partial charge >= 0.3 is 6.03 Å². The van der Waals surface area contributed by atoms with Crippen LogP contribution in [0.15, 0.2) is 29.4 Å². The number of carbonyl (C=O) groups is 2. The number of imide groups is 1. The highest BCUT2D eigenvalue weighted by atomic mass is 16.2. The Kier molecular flexibility index (Phi) is 4.05. The zero-order valence-electron chi connectivity index (χ0n) is 14.3. The number of hydrogen-bond donors (Lipinski definition) is 0. The minimum Gasteiger partial charge on any atom is -0.303 e. The lowest BCUT2D eigenvalue weighted by Crippen LogP contribution is -2.32. The van der Waals surface area contributed by atoms with E-state index in [0.29, 0.717) is 18.7 Å². The largest absolute Gasteiger partial charge is 0.350 e. The number of rotatable bonds is 4. The van der Waals surface area contributed by atoms with Gasteiger partial charge in [0.1, 0.15) is 11.5 Å². The van der Waals surface area contributed by atoms with Crippen LogP contribution in [-0.4, -0.2) is 38.6 Å². The number of nitrogens with zero attached hydrogens (tertiary/aromatic N) is 4. The summed E-state index contributed by atoms with van der Waals surface area (Å²) >= 11 is 0. The Morgan fingerprint density at radius 3 is 2.46 bits per heavy atom. The van der Waals surface area contributed by atoms with Gasteiger partial charge in [0, 0.05) is 30.6 Å². The van der Waals surface area contributed by atoms with Crippen LogP contribution < -0.4 is 0 Å². The number of aromatic nitrogens is 2. The van der Waals surface area contributed by atoms with E-state index in [1.807, 2.05) is 49.7 Å². The number of carbonyl (C=O) groups excluding carboxylic acids is 2. The van der Waals surface area contributed by atoms with Gasteiger partial charge in [-0.15, -0.1) is 0 Å². The first-order chi connectivity index (χ1) is 11.4.